The molecule has 1 aromatic rings. The molecule has 1 aromatic carbocycles. The highest BCUT2D eigenvalue weighted by molar-refractivity contribution is 6.71. The predicted molar refractivity (Wildman–Crippen MR) is 61.9 cm³/mol. The van der Waals surface area contributed by atoms with Crippen LogP contribution in [0.25, 0.3) is 0 Å². The van der Waals surface area contributed by atoms with E-state index >= 15 is 0 Å². The van der Waals surface area contributed by atoms with Crippen LogP contribution in [0.2, 0.25) is 19.6 Å². The minimum Gasteiger partial charge on any atom is -0.516 e. The molecule has 0 bridgehead atoms. The van der Waals surface area contributed by atoms with Crippen molar-refractivity contribution >= 4 is 14.3 Å². The van der Waals surface area contributed by atoms with Crippen LogP contribution in [0.5, 0.6) is 5.75 Å². The minimum atomic E-state index is -4.84. The van der Waals surface area contributed by atoms with Gasteiger partial charge >= 0.3 is 12.3 Å². The van der Waals surface area contributed by atoms with Crippen LogP contribution in [-0.4, -0.2) is 20.6 Å². The molecule has 0 saturated heterocycles. The van der Waals surface area contributed by atoms with Gasteiger partial charge in [0.15, 0.2) is 0 Å². The first-order valence-corrected chi connectivity index (χ1v) is 8.57. The van der Waals surface area contributed by atoms with Crippen LogP contribution in [0, 0.1) is 0 Å². The SMILES string of the molecule is C[Si](C)(C)OC(=O)c1ccccc1OC(F)(F)F. The first kappa shape index (κ1) is 14.6. The van der Waals surface area contributed by atoms with Crippen LogP contribution in [0.1, 0.15) is 10.4 Å². The molecule has 0 spiro atoms. The van der Waals surface area contributed by atoms with Crippen molar-refractivity contribution < 1.29 is 27.1 Å². The van der Waals surface area contributed by atoms with Crippen molar-refractivity contribution in [2.24, 2.45) is 0 Å². The topological polar surface area (TPSA) is 35.5 Å². The van der Waals surface area contributed by atoms with Gasteiger partial charge in [0.1, 0.15) is 11.3 Å². The molecule has 0 aliphatic heterocycles. The number of halogens is 3. The van der Waals surface area contributed by atoms with Gasteiger partial charge in [0.2, 0.25) is 8.32 Å². The van der Waals surface area contributed by atoms with E-state index in [1.807, 2.05) is 0 Å². The van der Waals surface area contributed by atoms with Crippen LogP contribution in [0.4, 0.5) is 13.2 Å². The van der Waals surface area contributed by atoms with E-state index < -0.39 is 26.4 Å². The van der Waals surface area contributed by atoms with E-state index in [-0.39, 0.29) is 5.56 Å². The quantitative estimate of drug-likeness (QED) is 0.793. The summed E-state index contributed by atoms with van der Waals surface area (Å²) in [6.07, 6.45) is -4.84. The molecule has 7 heteroatoms. The van der Waals surface area contributed by atoms with Crippen molar-refractivity contribution in [2.75, 3.05) is 0 Å². The average Bonchev–Trinajstić information content (AvgIpc) is 2.12. The lowest BCUT2D eigenvalue weighted by Crippen LogP contribution is -2.29. The number of benzene rings is 1. The largest absolute Gasteiger partial charge is 0.573 e. The summed E-state index contributed by atoms with van der Waals surface area (Å²) in [7, 11) is -2.17. The van der Waals surface area contributed by atoms with Crippen molar-refractivity contribution in [1.29, 1.82) is 0 Å². The Labute approximate surface area is 104 Å². The molecular formula is C11H13F3O3Si. The van der Waals surface area contributed by atoms with Gasteiger partial charge in [-0.3, -0.25) is 0 Å². The van der Waals surface area contributed by atoms with Crippen LogP contribution in [0.15, 0.2) is 24.3 Å². The summed E-state index contributed by atoms with van der Waals surface area (Å²) in [5, 5.41) is 0. The highest BCUT2D eigenvalue weighted by Crippen LogP contribution is 2.27. The predicted octanol–water partition coefficient (Wildman–Crippen LogP) is 3.58. The number of alkyl halides is 3. The van der Waals surface area contributed by atoms with Gasteiger partial charge in [0.05, 0.1) is 0 Å². The maximum Gasteiger partial charge on any atom is 0.573 e. The highest BCUT2D eigenvalue weighted by atomic mass is 28.4. The van der Waals surface area contributed by atoms with E-state index in [1.165, 1.54) is 18.2 Å². The van der Waals surface area contributed by atoms with Crippen LogP contribution in [-0.2, 0) is 4.43 Å². The molecule has 0 fully saturated rings. The molecule has 0 aromatic heterocycles. The summed E-state index contributed by atoms with van der Waals surface area (Å²) < 4.78 is 45.4. The lowest BCUT2D eigenvalue weighted by molar-refractivity contribution is -0.274. The normalized spacial score (nSPS) is 12.1. The lowest BCUT2D eigenvalue weighted by Gasteiger charge is -2.19. The smallest absolute Gasteiger partial charge is 0.516 e. The average molecular weight is 278 g/mol. The van der Waals surface area contributed by atoms with Crippen molar-refractivity contribution in [1.82, 2.24) is 0 Å². The Hall–Kier alpha value is -1.50. The first-order valence-electron chi connectivity index (χ1n) is 5.16. The van der Waals surface area contributed by atoms with Gasteiger partial charge in [0.25, 0.3) is 0 Å². The van der Waals surface area contributed by atoms with Gasteiger partial charge < -0.3 is 9.16 Å². The Balaban J connectivity index is 2.99. The van der Waals surface area contributed by atoms with Crippen molar-refractivity contribution in [3.8, 4) is 5.75 Å². The number of hydrogen-bond acceptors (Lipinski definition) is 3. The number of ether oxygens (including phenoxy) is 1. The molecule has 0 N–H and O–H groups in total. The third-order valence-corrected chi connectivity index (χ3v) is 2.53. The van der Waals surface area contributed by atoms with E-state index in [0.29, 0.717) is 0 Å². The van der Waals surface area contributed by atoms with Crippen LogP contribution < -0.4 is 4.74 Å². The van der Waals surface area contributed by atoms with Crippen molar-refractivity contribution in [3.05, 3.63) is 29.8 Å². The van der Waals surface area contributed by atoms with Gasteiger partial charge in [-0.2, -0.15) is 0 Å². The van der Waals surface area contributed by atoms with Gasteiger partial charge in [-0.25, -0.2) is 4.79 Å². The Bertz CT molecular complexity index is 438. The molecule has 0 aliphatic carbocycles. The second kappa shape index (κ2) is 5.01. The Morgan fingerprint density at radius 2 is 1.72 bits per heavy atom. The molecule has 1 rings (SSSR count). The Morgan fingerprint density at radius 3 is 2.22 bits per heavy atom. The Morgan fingerprint density at radius 1 is 1.17 bits per heavy atom. The number of hydrogen-bond donors (Lipinski definition) is 0. The number of carbonyl (C=O) groups excluding carboxylic acids is 1. The lowest BCUT2D eigenvalue weighted by atomic mass is 10.2. The fourth-order valence-corrected chi connectivity index (χ4v) is 1.85. The summed E-state index contributed by atoms with van der Waals surface area (Å²) in [4.78, 5) is 11.7. The number of rotatable bonds is 3. The summed E-state index contributed by atoms with van der Waals surface area (Å²) in [5.74, 6) is -1.35. The third kappa shape index (κ3) is 4.78. The summed E-state index contributed by atoms with van der Waals surface area (Å²) in [6, 6.07) is 5.12. The molecule has 100 valence electrons. The Kier molecular flexibility index (Phi) is 4.05. The highest BCUT2D eigenvalue weighted by Gasteiger charge is 2.33. The molecule has 0 heterocycles. The number of carbonyl (C=O) groups is 1. The molecule has 3 nitrogen and oxygen atoms in total. The van der Waals surface area contributed by atoms with Gasteiger partial charge in [-0.1, -0.05) is 12.1 Å². The fourth-order valence-electron chi connectivity index (χ4n) is 1.18. The van der Waals surface area contributed by atoms with Crippen molar-refractivity contribution in [2.45, 2.75) is 26.0 Å². The maximum atomic E-state index is 12.2. The van der Waals surface area contributed by atoms with Gasteiger partial charge in [-0.05, 0) is 31.8 Å². The van der Waals surface area contributed by atoms with Crippen LogP contribution in [0.3, 0.4) is 0 Å². The van der Waals surface area contributed by atoms with Gasteiger partial charge in [0, 0.05) is 0 Å². The van der Waals surface area contributed by atoms with E-state index in [9.17, 15) is 18.0 Å². The molecular weight excluding hydrogens is 265 g/mol. The van der Waals surface area contributed by atoms with E-state index in [1.54, 1.807) is 19.6 Å². The summed E-state index contributed by atoms with van der Waals surface area (Å²) in [5.41, 5.74) is -0.225. The minimum absolute atomic E-state index is 0.225. The molecule has 0 unspecified atom stereocenters. The third-order valence-electron chi connectivity index (χ3n) is 1.73. The van der Waals surface area contributed by atoms with E-state index in [0.717, 1.165) is 6.07 Å². The van der Waals surface area contributed by atoms with Crippen molar-refractivity contribution in [3.63, 3.8) is 0 Å². The number of para-hydroxylation sites is 1. The zero-order valence-electron chi connectivity index (χ0n) is 10.2. The second-order valence-corrected chi connectivity index (χ2v) is 8.97. The summed E-state index contributed by atoms with van der Waals surface area (Å²) >= 11 is 0. The molecule has 0 amide bonds. The fraction of sp³-hybridized carbons (Fsp3) is 0.364. The zero-order valence-corrected chi connectivity index (χ0v) is 11.2. The van der Waals surface area contributed by atoms with Gasteiger partial charge in [-0.15, -0.1) is 13.2 Å². The maximum absolute atomic E-state index is 12.2. The van der Waals surface area contributed by atoms with E-state index in [4.69, 9.17) is 4.43 Å². The van der Waals surface area contributed by atoms with E-state index in [2.05, 4.69) is 4.74 Å². The standard InChI is InChI=1S/C11H13F3O3Si/c1-18(2,3)17-10(15)8-6-4-5-7-9(8)16-11(12,13)14/h4-7H,1-3H3. The molecule has 0 radical (unpaired) electrons. The molecule has 0 atom stereocenters. The summed E-state index contributed by atoms with van der Waals surface area (Å²) in [6.45, 7) is 5.29. The monoisotopic (exact) mass is 278 g/mol. The molecule has 0 saturated carbocycles. The first-order chi connectivity index (χ1) is 8.08. The molecule has 0 aliphatic rings. The molecule has 18 heavy (non-hydrogen) atoms. The zero-order chi connectivity index (χ0) is 14.0. The van der Waals surface area contributed by atoms with Crippen LogP contribution >= 0.6 is 0 Å². The second-order valence-electron chi connectivity index (χ2n) is 4.55.